The number of hydrogen-bond donors (Lipinski definition) is 7. The number of aliphatic hydroxyl groups is 6. The van der Waals surface area contributed by atoms with Gasteiger partial charge in [0.2, 0.25) is 5.72 Å². The van der Waals surface area contributed by atoms with Crippen LogP contribution in [0.15, 0.2) is 17.1 Å². The first-order valence-electron chi connectivity index (χ1n) is 8.25. The normalized spacial score (nSPS) is 44.7. The van der Waals surface area contributed by atoms with Gasteiger partial charge < -0.3 is 40.1 Å². The molecule has 12 heteroatoms. The number of H-pyrrole nitrogens is 1. The van der Waals surface area contributed by atoms with Gasteiger partial charge in [-0.2, -0.15) is 0 Å². The van der Waals surface area contributed by atoms with Gasteiger partial charge in [-0.3, -0.25) is 14.3 Å². The summed E-state index contributed by atoms with van der Waals surface area (Å²) < 4.78 is 12.2. The molecule has 3 rings (SSSR count). The third-order valence-corrected chi connectivity index (χ3v) is 5.57. The lowest BCUT2D eigenvalue weighted by Crippen LogP contribution is -2.59. The minimum atomic E-state index is -2.10. The molecule has 0 bridgehead atoms. The van der Waals surface area contributed by atoms with Crippen molar-refractivity contribution in [3.05, 3.63) is 27.4 Å². The Labute approximate surface area is 158 Å². The zero-order valence-electron chi connectivity index (χ0n) is 14.3. The summed E-state index contributed by atoms with van der Waals surface area (Å²) in [7, 11) is 0. The molecular formula is C15H22N2O9S. The van der Waals surface area contributed by atoms with Crippen molar-refractivity contribution in [2.75, 3.05) is 13.2 Å². The predicted octanol–water partition coefficient (Wildman–Crippen LogP) is -3.46. The van der Waals surface area contributed by atoms with Crippen LogP contribution in [0.3, 0.4) is 0 Å². The number of aromatic amines is 1. The number of nitrogens with one attached hydrogen (secondary N) is 1. The highest BCUT2D eigenvalue weighted by Crippen LogP contribution is 2.46. The molecule has 152 valence electrons. The molecule has 2 saturated heterocycles. The maximum Gasteiger partial charge on any atom is 0.251 e. The van der Waals surface area contributed by atoms with Crippen LogP contribution in [0.25, 0.3) is 0 Å². The summed E-state index contributed by atoms with van der Waals surface area (Å²) in [5.41, 5.74) is -4.55. The summed E-state index contributed by atoms with van der Waals surface area (Å²) >= 11 is 5.13. The SMILES string of the molecule is C[C@@]1(O)[C@@H](CO)OC([C@@]2(n3ccc(=O)[nH]c3=S)O[C@H](CO)[C@@H](O)[C@H]2O)[C@@H]1O. The van der Waals surface area contributed by atoms with Gasteiger partial charge in [0, 0.05) is 12.3 Å². The fraction of sp³-hybridized carbons (Fsp3) is 0.733. The molecule has 0 aromatic carbocycles. The molecular weight excluding hydrogens is 384 g/mol. The van der Waals surface area contributed by atoms with Gasteiger partial charge in [0.05, 0.1) is 13.2 Å². The van der Waals surface area contributed by atoms with E-state index in [9.17, 15) is 35.4 Å². The summed E-state index contributed by atoms with van der Waals surface area (Å²) in [5.74, 6) is 0. The van der Waals surface area contributed by atoms with Crippen molar-refractivity contribution in [1.29, 1.82) is 0 Å². The second-order valence-electron chi connectivity index (χ2n) is 6.90. The molecule has 11 nitrogen and oxygen atoms in total. The quantitative estimate of drug-likeness (QED) is 0.249. The van der Waals surface area contributed by atoms with Crippen LogP contribution in [0.4, 0.5) is 0 Å². The van der Waals surface area contributed by atoms with E-state index in [4.69, 9.17) is 21.7 Å². The Morgan fingerprint density at radius 1 is 1.26 bits per heavy atom. The molecule has 1 unspecified atom stereocenters. The summed E-state index contributed by atoms with van der Waals surface area (Å²) in [4.78, 5) is 13.9. The second-order valence-corrected chi connectivity index (χ2v) is 7.29. The largest absolute Gasteiger partial charge is 0.394 e. The average molecular weight is 406 g/mol. The topological polar surface area (TPSA) is 178 Å². The van der Waals surface area contributed by atoms with E-state index in [-0.39, 0.29) is 4.77 Å². The van der Waals surface area contributed by atoms with Crippen molar-refractivity contribution in [2.24, 2.45) is 0 Å². The lowest BCUT2D eigenvalue weighted by Gasteiger charge is -2.40. The number of aromatic nitrogens is 2. The van der Waals surface area contributed by atoms with Gasteiger partial charge in [0.15, 0.2) is 4.77 Å². The number of hydrogen-bond acceptors (Lipinski definition) is 10. The van der Waals surface area contributed by atoms with Gasteiger partial charge in [-0.15, -0.1) is 0 Å². The number of rotatable bonds is 4. The van der Waals surface area contributed by atoms with Crippen molar-refractivity contribution < 1.29 is 40.1 Å². The highest BCUT2D eigenvalue weighted by atomic mass is 32.1. The molecule has 0 saturated carbocycles. The van der Waals surface area contributed by atoms with Crippen LogP contribution in [0, 0.1) is 4.77 Å². The molecule has 2 fully saturated rings. The van der Waals surface area contributed by atoms with Crippen molar-refractivity contribution in [3.63, 3.8) is 0 Å². The first kappa shape index (κ1) is 20.5. The molecule has 27 heavy (non-hydrogen) atoms. The molecule has 0 radical (unpaired) electrons. The Hall–Kier alpha value is -1.22. The maximum atomic E-state index is 11.5. The zero-order valence-corrected chi connectivity index (χ0v) is 15.1. The van der Waals surface area contributed by atoms with E-state index >= 15 is 0 Å². The molecule has 2 aliphatic heterocycles. The number of nitrogens with zero attached hydrogens (tertiary/aromatic N) is 1. The van der Waals surface area contributed by atoms with Crippen LogP contribution in [-0.4, -0.2) is 95.6 Å². The third-order valence-electron chi connectivity index (χ3n) is 5.27. The van der Waals surface area contributed by atoms with E-state index in [1.165, 1.54) is 13.1 Å². The summed E-state index contributed by atoms with van der Waals surface area (Å²) in [6, 6.07) is 1.08. The van der Waals surface area contributed by atoms with E-state index in [0.29, 0.717) is 0 Å². The standard InChI is InChI=1S/C15H22N2O9S/c1-14(24)7(5-19)25-12(11(14)23)15(10(22)9(21)6(4-18)26-15)17-3-2-8(20)16-13(17)27/h2-3,6-7,9-12,18-19,21-24H,4-5H2,1H3,(H,16,20,27)/t6-,7-,9-,10-,11+,12?,14-,15+/m1/s1. The molecule has 0 amide bonds. The second kappa shape index (κ2) is 6.99. The maximum absolute atomic E-state index is 11.5. The Bertz CT molecular complexity index is 811. The van der Waals surface area contributed by atoms with Crippen LogP contribution in [0.1, 0.15) is 6.92 Å². The van der Waals surface area contributed by atoms with Crippen LogP contribution < -0.4 is 5.56 Å². The van der Waals surface area contributed by atoms with Crippen molar-refractivity contribution in [1.82, 2.24) is 9.55 Å². The first-order chi connectivity index (χ1) is 12.6. The van der Waals surface area contributed by atoms with Gasteiger partial charge in [0.25, 0.3) is 5.56 Å². The van der Waals surface area contributed by atoms with Crippen LogP contribution in [0.5, 0.6) is 0 Å². The molecule has 1 aromatic heterocycles. The first-order valence-corrected chi connectivity index (χ1v) is 8.66. The minimum Gasteiger partial charge on any atom is -0.394 e. The van der Waals surface area contributed by atoms with Crippen molar-refractivity contribution in [3.8, 4) is 0 Å². The van der Waals surface area contributed by atoms with Gasteiger partial charge >= 0.3 is 0 Å². The summed E-state index contributed by atoms with van der Waals surface area (Å²) in [6.07, 6.45) is -7.85. The number of aliphatic hydroxyl groups excluding tert-OH is 5. The van der Waals surface area contributed by atoms with E-state index in [0.717, 1.165) is 10.6 Å². The monoisotopic (exact) mass is 406 g/mol. The fourth-order valence-corrected chi connectivity index (χ4v) is 3.98. The lowest BCUT2D eigenvalue weighted by atomic mass is 9.86. The fourth-order valence-electron chi connectivity index (χ4n) is 3.68. The molecule has 3 heterocycles. The summed E-state index contributed by atoms with van der Waals surface area (Å²) in [6.45, 7) is -0.0747. The van der Waals surface area contributed by atoms with Crippen LogP contribution in [0.2, 0.25) is 0 Å². The predicted molar refractivity (Wildman–Crippen MR) is 90.2 cm³/mol. The highest BCUT2D eigenvalue weighted by molar-refractivity contribution is 7.71. The smallest absolute Gasteiger partial charge is 0.251 e. The molecule has 0 spiro atoms. The number of ether oxygens (including phenoxy) is 2. The van der Waals surface area contributed by atoms with Crippen LogP contribution >= 0.6 is 12.2 Å². The highest BCUT2D eigenvalue weighted by Gasteiger charge is 2.68. The molecule has 2 aliphatic rings. The van der Waals surface area contributed by atoms with Crippen LogP contribution in [-0.2, 0) is 15.2 Å². The Kier molecular flexibility index (Phi) is 5.31. The van der Waals surface area contributed by atoms with E-state index in [1.54, 1.807) is 0 Å². The Balaban J connectivity index is 2.21. The van der Waals surface area contributed by atoms with Gasteiger partial charge in [-0.1, -0.05) is 0 Å². The van der Waals surface area contributed by atoms with Crippen molar-refractivity contribution in [2.45, 2.75) is 54.9 Å². The summed E-state index contributed by atoms with van der Waals surface area (Å²) in [5, 5.41) is 61.2. The molecule has 8 atom stereocenters. The zero-order chi connectivity index (χ0) is 20.1. The molecule has 0 aliphatic carbocycles. The Morgan fingerprint density at radius 2 is 1.93 bits per heavy atom. The van der Waals surface area contributed by atoms with E-state index in [1.807, 2.05) is 0 Å². The molecule has 1 aromatic rings. The van der Waals surface area contributed by atoms with Crippen molar-refractivity contribution >= 4 is 12.2 Å². The van der Waals surface area contributed by atoms with Gasteiger partial charge in [0.1, 0.15) is 42.2 Å². The van der Waals surface area contributed by atoms with Gasteiger partial charge in [-0.25, -0.2) is 0 Å². The van der Waals surface area contributed by atoms with E-state index in [2.05, 4.69) is 4.98 Å². The Morgan fingerprint density at radius 3 is 2.41 bits per heavy atom. The average Bonchev–Trinajstić information content (AvgIpc) is 3.00. The van der Waals surface area contributed by atoms with E-state index < -0.39 is 66.7 Å². The lowest BCUT2D eigenvalue weighted by molar-refractivity contribution is -0.234. The minimum absolute atomic E-state index is 0.213. The van der Waals surface area contributed by atoms with Gasteiger partial charge in [-0.05, 0) is 19.1 Å². The third kappa shape index (κ3) is 2.88. The molecule has 7 N–H and O–H groups in total.